The zero-order valence-electron chi connectivity index (χ0n) is 31.0. The summed E-state index contributed by atoms with van der Waals surface area (Å²) in [4.78, 5) is 43.2. The Bertz CT molecular complexity index is 1800. The number of methoxy groups -OCH3 is 2. The summed E-state index contributed by atoms with van der Waals surface area (Å²) in [6, 6.07) is 11.5. The molecule has 6 rings (SSSR count). The summed E-state index contributed by atoms with van der Waals surface area (Å²) >= 11 is 6.45. The molecule has 1 saturated carbocycles. The van der Waals surface area contributed by atoms with E-state index in [1.54, 1.807) is 13.2 Å². The van der Waals surface area contributed by atoms with Crippen molar-refractivity contribution in [1.29, 1.82) is 0 Å². The molecule has 284 valence electrons. The normalized spacial score (nSPS) is 26.1. The van der Waals surface area contributed by atoms with Crippen molar-refractivity contribution < 1.29 is 32.8 Å². The monoisotopic (exact) mass is 756 g/mol. The molecule has 0 aromatic heterocycles. The van der Waals surface area contributed by atoms with Crippen molar-refractivity contribution in [2.75, 3.05) is 57.7 Å². The number of rotatable bonds is 10. The molecule has 1 saturated heterocycles. The van der Waals surface area contributed by atoms with Crippen LogP contribution in [-0.4, -0.2) is 85.9 Å². The summed E-state index contributed by atoms with van der Waals surface area (Å²) in [6.07, 6.45) is 5.88. The molecule has 2 aliphatic carbocycles. The van der Waals surface area contributed by atoms with Gasteiger partial charge in [0.05, 0.1) is 37.2 Å². The molecular formula is C39H53ClN4O7S. The lowest BCUT2D eigenvalue weighted by molar-refractivity contribution is -0.122. The van der Waals surface area contributed by atoms with Crippen LogP contribution in [0.1, 0.15) is 80.8 Å². The van der Waals surface area contributed by atoms with Crippen LogP contribution >= 0.6 is 11.6 Å². The Kier molecular flexibility index (Phi) is 11.8. The van der Waals surface area contributed by atoms with Crippen molar-refractivity contribution in [3.05, 3.63) is 58.1 Å². The average molecular weight is 757 g/mol. The van der Waals surface area contributed by atoms with Gasteiger partial charge in [-0.3, -0.25) is 14.3 Å². The summed E-state index contributed by atoms with van der Waals surface area (Å²) in [5.74, 6) is -0.238. The number of aryl methyl sites for hydroxylation is 1. The maximum Gasteiger partial charge on any atom is 0.409 e. The van der Waals surface area contributed by atoms with E-state index in [2.05, 4.69) is 33.0 Å². The van der Waals surface area contributed by atoms with Crippen molar-refractivity contribution in [2.45, 2.75) is 77.2 Å². The molecule has 7 atom stereocenters. The number of carbonyl (C=O) groups is 3. The van der Waals surface area contributed by atoms with Crippen molar-refractivity contribution in [1.82, 2.24) is 9.62 Å². The molecule has 2 aromatic carbocycles. The molecule has 3 amide bonds. The highest BCUT2D eigenvalue weighted by atomic mass is 35.5. The van der Waals surface area contributed by atoms with Crippen LogP contribution in [0.5, 0.6) is 5.75 Å². The van der Waals surface area contributed by atoms with Gasteiger partial charge in [-0.1, -0.05) is 37.9 Å². The van der Waals surface area contributed by atoms with Gasteiger partial charge in [0.25, 0.3) is 5.91 Å². The fourth-order valence-corrected chi connectivity index (χ4v) is 10.7. The van der Waals surface area contributed by atoms with Crippen LogP contribution in [0, 0.1) is 23.7 Å². The second-order valence-corrected chi connectivity index (χ2v) is 17.8. The lowest BCUT2D eigenvalue weighted by Crippen LogP contribution is -2.49. The van der Waals surface area contributed by atoms with Gasteiger partial charge in [-0.25, -0.2) is 9.00 Å². The SMILES string of the molecule is CC[C@H](C)CS(=O)(=NC(=O)c1ccc2c(c1)N(C[C@@H]1CC[C@H]1[C@H](C)OC)C[C@@]1(CCCc3cc(Cl)ccc31)CO2)NC(=O)[C@@H]1CCN(C(=O)OC)C1. The number of likely N-dealkylation sites (tertiary alicyclic amines) is 1. The van der Waals surface area contributed by atoms with E-state index in [4.69, 9.17) is 25.8 Å². The first-order valence-electron chi connectivity index (χ1n) is 18.6. The maximum absolute atomic E-state index is 14.4. The smallest absolute Gasteiger partial charge is 0.409 e. The third-order valence-corrected chi connectivity index (χ3v) is 14.1. The number of ether oxygens (including phenoxy) is 3. The molecule has 2 heterocycles. The van der Waals surface area contributed by atoms with Crippen molar-refractivity contribution in [3.63, 3.8) is 0 Å². The van der Waals surface area contributed by atoms with E-state index in [9.17, 15) is 18.6 Å². The Morgan fingerprint density at radius 3 is 2.65 bits per heavy atom. The van der Waals surface area contributed by atoms with Crippen molar-refractivity contribution in [3.8, 4) is 5.75 Å². The van der Waals surface area contributed by atoms with Crippen LogP contribution in [0.25, 0.3) is 0 Å². The third-order valence-electron chi connectivity index (χ3n) is 11.9. The van der Waals surface area contributed by atoms with Gasteiger partial charge < -0.3 is 24.0 Å². The van der Waals surface area contributed by atoms with E-state index in [0.29, 0.717) is 50.1 Å². The zero-order valence-corrected chi connectivity index (χ0v) is 32.6. The minimum absolute atomic E-state index is 0.0291. The number of benzene rings is 2. The number of nitrogens with one attached hydrogen (secondary N) is 1. The molecule has 4 aliphatic rings. The zero-order chi connectivity index (χ0) is 37.2. The minimum Gasteiger partial charge on any atom is -0.490 e. The number of hydrogen-bond donors (Lipinski definition) is 1. The molecular weight excluding hydrogens is 704 g/mol. The minimum atomic E-state index is -3.49. The summed E-state index contributed by atoms with van der Waals surface area (Å²) in [6.45, 7) is 8.50. The lowest BCUT2D eigenvalue weighted by Gasteiger charge is -2.45. The molecule has 1 unspecified atom stereocenters. The molecule has 1 N–H and O–H groups in total. The van der Waals surface area contributed by atoms with E-state index in [0.717, 1.165) is 49.4 Å². The fourth-order valence-electron chi connectivity index (χ4n) is 8.45. The summed E-state index contributed by atoms with van der Waals surface area (Å²) < 4.78 is 38.5. The molecule has 52 heavy (non-hydrogen) atoms. The van der Waals surface area contributed by atoms with Gasteiger partial charge in [-0.05, 0) is 105 Å². The van der Waals surface area contributed by atoms with E-state index < -0.39 is 33.7 Å². The van der Waals surface area contributed by atoms with Gasteiger partial charge in [0.15, 0.2) is 0 Å². The predicted octanol–water partition coefficient (Wildman–Crippen LogP) is 6.65. The van der Waals surface area contributed by atoms with Crippen LogP contribution in [0.3, 0.4) is 0 Å². The Morgan fingerprint density at radius 2 is 1.94 bits per heavy atom. The quantitative estimate of drug-likeness (QED) is 0.286. The van der Waals surface area contributed by atoms with E-state index >= 15 is 0 Å². The lowest BCUT2D eigenvalue weighted by atomic mass is 9.68. The highest BCUT2D eigenvalue weighted by molar-refractivity contribution is 7.92. The maximum atomic E-state index is 14.4. The fraction of sp³-hybridized carbons (Fsp3) is 0.615. The van der Waals surface area contributed by atoms with E-state index in [1.807, 2.05) is 32.0 Å². The number of carbonyl (C=O) groups excluding carboxylic acids is 3. The van der Waals surface area contributed by atoms with Crippen LogP contribution in [0.2, 0.25) is 5.02 Å². The van der Waals surface area contributed by atoms with Crippen molar-refractivity contribution >= 4 is 45.1 Å². The van der Waals surface area contributed by atoms with Gasteiger partial charge in [0.1, 0.15) is 15.7 Å². The van der Waals surface area contributed by atoms with Gasteiger partial charge in [0.2, 0.25) is 5.91 Å². The summed E-state index contributed by atoms with van der Waals surface area (Å²) in [5, 5.41) is 0.732. The Morgan fingerprint density at radius 1 is 1.13 bits per heavy atom. The topological polar surface area (TPSA) is 127 Å². The Balaban J connectivity index is 1.32. The number of amides is 3. The van der Waals surface area contributed by atoms with E-state index in [1.165, 1.54) is 23.1 Å². The third kappa shape index (κ3) is 8.09. The number of anilines is 1. The summed E-state index contributed by atoms with van der Waals surface area (Å²) in [5.41, 5.74) is 3.34. The molecule has 0 bridgehead atoms. The van der Waals surface area contributed by atoms with Crippen LogP contribution < -0.4 is 14.4 Å². The van der Waals surface area contributed by atoms with Crippen LogP contribution in [0.4, 0.5) is 10.5 Å². The van der Waals surface area contributed by atoms with Crippen LogP contribution in [0.15, 0.2) is 40.8 Å². The largest absolute Gasteiger partial charge is 0.490 e. The number of fused-ring (bicyclic) bond motifs is 3. The van der Waals surface area contributed by atoms with Gasteiger partial charge in [-0.15, -0.1) is 4.36 Å². The molecule has 2 aliphatic heterocycles. The average Bonchev–Trinajstić information content (AvgIpc) is 3.56. The first kappa shape index (κ1) is 38.4. The molecule has 0 radical (unpaired) electrons. The second kappa shape index (κ2) is 15.9. The van der Waals surface area contributed by atoms with Gasteiger partial charge in [-0.2, -0.15) is 0 Å². The highest BCUT2D eigenvalue weighted by Crippen LogP contribution is 2.47. The molecule has 13 heteroatoms. The number of hydrogen-bond acceptors (Lipinski definition) is 8. The first-order chi connectivity index (χ1) is 24.9. The second-order valence-electron chi connectivity index (χ2n) is 15.3. The molecule has 2 fully saturated rings. The van der Waals surface area contributed by atoms with Gasteiger partial charge in [0, 0.05) is 49.3 Å². The van der Waals surface area contributed by atoms with Crippen LogP contribution in [-0.2, 0) is 36.0 Å². The van der Waals surface area contributed by atoms with Crippen molar-refractivity contribution in [2.24, 2.45) is 28.0 Å². The number of nitrogens with zero attached hydrogens (tertiary/aromatic N) is 3. The highest BCUT2D eigenvalue weighted by Gasteiger charge is 2.44. The standard InChI is InChI=1S/C39H53ClN4O7S/c1-6-25(2)22-52(48,42-37(46)30-15-17-43(21-30)38(47)50-5)41-36(45)28-10-14-35-34(19-28)44(20-29-9-12-32(29)26(3)49-4)23-39(24-51-35)16-7-8-27-18-31(40)11-13-33(27)39/h10-11,13-14,18-19,25-26,29-30,32H,6-9,12,15-17,20-24H2,1-5H3,(H,41,42,45,46,48)/t25-,26-,29-,30+,32-,39-,52?/m0/s1. The molecule has 11 nitrogen and oxygen atoms in total. The molecule has 2 aromatic rings. The summed E-state index contributed by atoms with van der Waals surface area (Å²) in [7, 11) is -0.431. The van der Waals surface area contributed by atoms with E-state index in [-0.39, 0.29) is 35.3 Å². The molecule has 1 spiro atoms. The Labute approximate surface area is 313 Å². The Hall–Kier alpha value is -3.35. The number of halogens is 1. The van der Waals surface area contributed by atoms with Gasteiger partial charge >= 0.3 is 6.09 Å². The predicted molar refractivity (Wildman–Crippen MR) is 202 cm³/mol. The first-order valence-corrected chi connectivity index (χ1v) is 20.7.